The summed E-state index contributed by atoms with van der Waals surface area (Å²) in [7, 11) is -5.71. The van der Waals surface area contributed by atoms with E-state index in [4.69, 9.17) is 0 Å². The van der Waals surface area contributed by atoms with Crippen molar-refractivity contribution in [1.82, 2.24) is 0 Å². The van der Waals surface area contributed by atoms with Crippen molar-refractivity contribution in [3.63, 3.8) is 0 Å². The first-order valence-corrected chi connectivity index (χ1v) is 14.4. The van der Waals surface area contributed by atoms with Gasteiger partial charge in [-0.15, -0.1) is 0 Å². The molecule has 32 heavy (non-hydrogen) atoms. The van der Waals surface area contributed by atoms with Crippen molar-refractivity contribution in [1.29, 1.82) is 0 Å². The number of benzene rings is 4. The molecule has 4 rings (SSSR count). The van der Waals surface area contributed by atoms with E-state index in [1.54, 1.807) is 0 Å². The van der Waals surface area contributed by atoms with Crippen molar-refractivity contribution < 1.29 is 9.13 Å². The molecule has 0 N–H and O–H groups in total. The average Bonchev–Trinajstić information content (AvgIpc) is 2.88. The number of allylic oxidation sites excluding steroid dienone is 1. The van der Waals surface area contributed by atoms with Gasteiger partial charge in [0.2, 0.25) is 0 Å². The molecule has 0 saturated carbocycles. The van der Waals surface area contributed by atoms with Crippen LogP contribution in [0, 0.1) is 0 Å². The van der Waals surface area contributed by atoms with Gasteiger partial charge < -0.3 is 9.13 Å². The lowest BCUT2D eigenvalue weighted by atomic mass is 10.4. The first-order valence-electron chi connectivity index (χ1n) is 10.7. The maximum Gasteiger partial charge on any atom is 0.163 e. The number of rotatable bonds is 8. The minimum absolute atomic E-state index is 0.487. The Bertz CT molecular complexity index is 1170. The third-order valence-electron chi connectivity index (χ3n) is 5.55. The van der Waals surface area contributed by atoms with Crippen molar-refractivity contribution in [2.45, 2.75) is 6.42 Å². The van der Waals surface area contributed by atoms with Crippen LogP contribution in [-0.2, 0) is 9.13 Å². The van der Waals surface area contributed by atoms with Crippen LogP contribution in [0.1, 0.15) is 6.42 Å². The van der Waals surface area contributed by atoms with Gasteiger partial charge in [0.05, 0.1) is 0 Å². The quantitative estimate of drug-likeness (QED) is 0.309. The Kier molecular flexibility index (Phi) is 7.05. The van der Waals surface area contributed by atoms with Crippen molar-refractivity contribution in [2.75, 3.05) is 6.16 Å². The summed E-state index contributed by atoms with van der Waals surface area (Å²) in [6, 6.07) is 38.5. The Labute approximate surface area is 190 Å². The van der Waals surface area contributed by atoms with E-state index in [0.29, 0.717) is 12.6 Å². The van der Waals surface area contributed by atoms with Crippen molar-refractivity contribution in [3.8, 4) is 0 Å². The molecule has 0 aromatic heterocycles. The average molecular weight is 456 g/mol. The van der Waals surface area contributed by atoms with Gasteiger partial charge in [-0.2, -0.15) is 0 Å². The molecule has 0 saturated heterocycles. The molecular weight excluding hydrogens is 430 g/mol. The van der Waals surface area contributed by atoms with E-state index in [1.165, 1.54) is 0 Å². The first-order chi connectivity index (χ1) is 15.6. The third kappa shape index (κ3) is 4.78. The summed E-state index contributed by atoms with van der Waals surface area (Å²) >= 11 is 0. The van der Waals surface area contributed by atoms with Gasteiger partial charge in [0.1, 0.15) is 7.14 Å². The Hall–Kier alpha value is -2.92. The minimum Gasteiger partial charge on any atom is -0.314 e. The summed E-state index contributed by atoms with van der Waals surface area (Å²) in [5, 5.41) is 3.32. The molecule has 2 nitrogen and oxygen atoms in total. The Morgan fingerprint density at radius 2 is 0.844 bits per heavy atom. The molecule has 0 aliphatic rings. The van der Waals surface area contributed by atoms with Crippen LogP contribution in [-0.4, -0.2) is 6.16 Å². The molecule has 0 fully saturated rings. The lowest BCUT2D eigenvalue weighted by molar-refractivity contribution is 0.586. The molecular formula is C28H26O2P2. The van der Waals surface area contributed by atoms with Gasteiger partial charge in [0, 0.05) is 27.4 Å². The summed E-state index contributed by atoms with van der Waals surface area (Å²) in [6.45, 7) is 0. The molecule has 0 bridgehead atoms. The fraction of sp³-hybridized carbons (Fsp3) is 0.0714. The lowest BCUT2D eigenvalue weighted by Crippen LogP contribution is -2.18. The highest BCUT2D eigenvalue weighted by atomic mass is 31.2. The summed E-state index contributed by atoms with van der Waals surface area (Å²) < 4.78 is 28.3. The van der Waals surface area contributed by atoms with Gasteiger partial charge in [-0.05, 0) is 12.2 Å². The highest BCUT2D eigenvalue weighted by Gasteiger charge is 2.27. The second-order valence-corrected chi connectivity index (χ2v) is 13.2. The zero-order valence-electron chi connectivity index (χ0n) is 17.8. The SMILES string of the molecule is O=P(/C=C/CCP(=O)(c1ccccc1)c1ccccc1)(c1ccccc1)c1ccccc1. The van der Waals surface area contributed by atoms with Crippen LogP contribution >= 0.6 is 14.3 Å². The van der Waals surface area contributed by atoms with Gasteiger partial charge in [-0.3, -0.25) is 0 Å². The fourth-order valence-corrected chi connectivity index (χ4v) is 8.80. The standard InChI is InChI=1S/C28H26O2P2/c29-31(25-15-5-1-6-16-25,26-17-7-2-8-18-26)23-13-14-24-32(30,27-19-9-3-10-20-27)28-21-11-4-12-22-28/h1-13,15-23H,14,24H2/b23-13+. The lowest BCUT2D eigenvalue weighted by Gasteiger charge is -2.19. The molecule has 160 valence electrons. The molecule has 4 aromatic rings. The fourth-order valence-electron chi connectivity index (χ4n) is 3.84. The molecule has 0 aliphatic heterocycles. The monoisotopic (exact) mass is 456 g/mol. The van der Waals surface area contributed by atoms with Crippen molar-refractivity contribution >= 4 is 35.5 Å². The molecule has 0 heterocycles. The van der Waals surface area contributed by atoms with Crippen LogP contribution in [0.25, 0.3) is 0 Å². The Balaban J connectivity index is 1.64. The topological polar surface area (TPSA) is 34.1 Å². The third-order valence-corrected chi connectivity index (χ3v) is 11.5. The van der Waals surface area contributed by atoms with E-state index < -0.39 is 14.3 Å². The Morgan fingerprint density at radius 1 is 0.500 bits per heavy atom. The van der Waals surface area contributed by atoms with Gasteiger partial charge >= 0.3 is 0 Å². The smallest absolute Gasteiger partial charge is 0.163 e. The van der Waals surface area contributed by atoms with Crippen LogP contribution in [0.4, 0.5) is 0 Å². The predicted octanol–water partition coefficient (Wildman–Crippen LogP) is 5.92. The van der Waals surface area contributed by atoms with Crippen molar-refractivity contribution in [2.24, 2.45) is 0 Å². The number of hydrogen-bond donors (Lipinski definition) is 0. The molecule has 0 atom stereocenters. The molecule has 4 heteroatoms. The van der Waals surface area contributed by atoms with Crippen LogP contribution in [0.5, 0.6) is 0 Å². The summed E-state index contributed by atoms with van der Waals surface area (Å²) in [5.74, 6) is 1.83. The van der Waals surface area contributed by atoms with Crippen LogP contribution in [0.2, 0.25) is 0 Å². The van der Waals surface area contributed by atoms with E-state index in [0.717, 1.165) is 21.2 Å². The predicted molar refractivity (Wildman–Crippen MR) is 138 cm³/mol. The molecule has 0 unspecified atom stereocenters. The van der Waals surface area contributed by atoms with E-state index >= 15 is 0 Å². The first kappa shape index (κ1) is 22.3. The zero-order chi connectivity index (χ0) is 22.3. The normalized spacial score (nSPS) is 12.1. The van der Waals surface area contributed by atoms with Crippen LogP contribution in [0.3, 0.4) is 0 Å². The zero-order valence-corrected chi connectivity index (χ0v) is 19.6. The van der Waals surface area contributed by atoms with Gasteiger partial charge in [0.25, 0.3) is 0 Å². The summed E-state index contributed by atoms with van der Waals surface area (Å²) in [5.41, 5.74) is 0. The largest absolute Gasteiger partial charge is 0.314 e. The summed E-state index contributed by atoms with van der Waals surface area (Å²) in [4.78, 5) is 0. The Morgan fingerprint density at radius 3 is 1.22 bits per heavy atom. The number of hydrogen-bond acceptors (Lipinski definition) is 2. The van der Waals surface area contributed by atoms with E-state index in [-0.39, 0.29) is 0 Å². The van der Waals surface area contributed by atoms with E-state index in [1.807, 2.05) is 133 Å². The van der Waals surface area contributed by atoms with Gasteiger partial charge in [-0.1, -0.05) is 127 Å². The molecule has 4 aromatic carbocycles. The van der Waals surface area contributed by atoms with E-state index in [9.17, 15) is 9.13 Å². The van der Waals surface area contributed by atoms with Gasteiger partial charge in [-0.25, -0.2) is 0 Å². The molecule has 0 aliphatic carbocycles. The molecule has 0 spiro atoms. The van der Waals surface area contributed by atoms with Crippen molar-refractivity contribution in [3.05, 3.63) is 133 Å². The van der Waals surface area contributed by atoms with Gasteiger partial charge in [0.15, 0.2) is 7.14 Å². The maximum atomic E-state index is 14.2. The highest BCUT2D eigenvalue weighted by Crippen LogP contribution is 2.47. The second kappa shape index (κ2) is 10.1. The minimum atomic E-state index is -2.92. The highest BCUT2D eigenvalue weighted by molar-refractivity contribution is 7.81. The maximum absolute atomic E-state index is 14.2. The molecule has 0 amide bonds. The molecule has 0 radical (unpaired) electrons. The van der Waals surface area contributed by atoms with Crippen LogP contribution in [0.15, 0.2) is 133 Å². The summed E-state index contributed by atoms with van der Waals surface area (Å²) in [6.07, 6.45) is 3.01. The van der Waals surface area contributed by atoms with Crippen LogP contribution < -0.4 is 21.2 Å². The second-order valence-electron chi connectivity index (χ2n) is 7.64. The van der Waals surface area contributed by atoms with E-state index in [2.05, 4.69) is 0 Å².